The van der Waals surface area contributed by atoms with Gasteiger partial charge in [0.1, 0.15) is 5.84 Å². The molecule has 0 atom stereocenters. The van der Waals surface area contributed by atoms with Crippen LogP contribution in [0.5, 0.6) is 0 Å². The number of nitrogens with one attached hydrogen (secondary N) is 1. The molecule has 2 aromatic rings. The monoisotopic (exact) mass is 255 g/mol. The first-order chi connectivity index (χ1) is 8.90. The number of amidine groups is 1. The van der Waals surface area contributed by atoms with Crippen LogP contribution in [0, 0.1) is 26.2 Å². The van der Waals surface area contributed by atoms with Crippen LogP contribution < -0.4 is 11.2 Å². The summed E-state index contributed by atoms with van der Waals surface area (Å²) in [6.45, 7) is 5.90. The molecule has 1 aromatic heterocycles. The molecule has 0 bridgehead atoms. The van der Waals surface area contributed by atoms with Gasteiger partial charge >= 0.3 is 0 Å². The normalized spacial score (nSPS) is 10.5. The van der Waals surface area contributed by atoms with Crippen molar-refractivity contribution in [2.75, 3.05) is 0 Å². The van der Waals surface area contributed by atoms with Crippen molar-refractivity contribution in [3.63, 3.8) is 0 Å². The lowest BCUT2D eigenvalue weighted by atomic mass is 10.1. The molecule has 1 heterocycles. The van der Waals surface area contributed by atoms with Gasteiger partial charge in [-0.3, -0.25) is 10.2 Å². The van der Waals surface area contributed by atoms with Crippen LogP contribution in [0.2, 0.25) is 0 Å². The second-order valence-electron chi connectivity index (χ2n) is 4.77. The van der Waals surface area contributed by atoms with Gasteiger partial charge in [0.2, 0.25) is 0 Å². The minimum atomic E-state index is -0.216. The van der Waals surface area contributed by atoms with Gasteiger partial charge in [0.15, 0.2) is 5.43 Å². The Hall–Kier alpha value is -2.36. The molecule has 0 fully saturated rings. The lowest BCUT2D eigenvalue weighted by Gasteiger charge is -2.15. The molecule has 98 valence electrons. The van der Waals surface area contributed by atoms with E-state index in [-0.39, 0.29) is 16.8 Å². The Kier molecular flexibility index (Phi) is 3.25. The first kappa shape index (κ1) is 13.1. The van der Waals surface area contributed by atoms with Crippen LogP contribution >= 0.6 is 0 Å². The highest BCUT2D eigenvalue weighted by atomic mass is 16.1. The molecule has 0 spiro atoms. The zero-order valence-corrected chi connectivity index (χ0v) is 11.3. The van der Waals surface area contributed by atoms with Crippen LogP contribution in [0.4, 0.5) is 0 Å². The molecular formula is C15H17N3O. The van der Waals surface area contributed by atoms with Crippen molar-refractivity contribution in [2.45, 2.75) is 20.8 Å². The average molecular weight is 255 g/mol. The highest BCUT2D eigenvalue weighted by Gasteiger charge is 2.09. The summed E-state index contributed by atoms with van der Waals surface area (Å²) in [5.74, 6) is -0.205. The number of aromatic nitrogens is 1. The van der Waals surface area contributed by atoms with E-state index in [0.29, 0.717) is 0 Å². The number of nitrogens with zero attached hydrogens (tertiary/aromatic N) is 1. The van der Waals surface area contributed by atoms with E-state index in [1.807, 2.05) is 37.5 Å². The first-order valence-electron chi connectivity index (χ1n) is 6.05. The van der Waals surface area contributed by atoms with Crippen LogP contribution in [0.1, 0.15) is 22.4 Å². The third-order valence-corrected chi connectivity index (χ3v) is 3.16. The summed E-state index contributed by atoms with van der Waals surface area (Å²) in [5, 5.41) is 7.47. The van der Waals surface area contributed by atoms with Gasteiger partial charge in [0, 0.05) is 23.6 Å². The SMILES string of the molecule is Cc1ccc(C)c(-n2cc(C(=N)N)c(=O)cc2C)c1. The number of benzene rings is 1. The van der Waals surface area contributed by atoms with Crippen molar-refractivity contribution in [2.24, 2.45) is 5.73 Å². The lowest BCUT2D eigenvalue weighted by molar-refractivity contribution is 0.956. The molecule has 4 nitrogen and oxygen atoms in total. The van der Waals surface area contributed by atoms with Crippen LogP contribution in [-0.2, 0) is 0 Å². The van der Waals surface area contributed by atoms with E-state index < -0.39 is 0 Å². The van der Waals surface area contributed by atoms with Crippen LogP contribution in [0.3, 0.4) is 0 Å². The number of rotatable bonds is 2. The molecular weight excluding hydrogens is 238 g/mol. The largest absolute Gasteiger partial charge is 0.384 e. The van der Waals surface area contributed by atoms with Crippen molar-refractivity contribution in [3.8, 4) is 5.69 Å². The summed E-state index contributed by atoms with van der Waals surface area (Å²) < 4.78 is 1.90. The average Bonchev–Trinajstić information content (AvgIpc) is 2.32. The summed E-state index contributed by atoms with van der Waals surface area (Å²) in [5.41, 5.74) is 9.53. The zero-order valence-electron chi connectivity index (χ0n) is 11.3. The topological polar surface area (TPSA) is 71.9 Å². The fraction of sp³-hybridized carbons (Fsp3) is 0.200. The van der Waals surface area contributed by atoms with E-state index in [1.165, 1.54) is 6.07 Å². The molecule has 0 saturated carbocycles. The van der Waals surface area contributed by atoms with E-state index in [2.05, 4.69) is 6.07 Å². The number of hydrogen-bond acceptors (Lipinski definition) is 2. The molecule has 0 aliphatic heterocycles. The van der Waals surface area contributed by atoms with Gasteiger partial charge in [-0.15, -0.1) is 0 Å². The molecule has 0 amide bonds. The third kappa shape index (κ3) is 2.42. The molecule has 0 aliphatic rings. The molecule has 2 rings (SSSR count). The van der Waals surface area contributed by atoms with Gasteiger partial charge < -0.3 is 10.3 Å². The van der Waals surface area contributed by atoms with E-state index >= 15 is 0 Å². The van der Waals surface area contributed by atoms with Gasteiger partial charge in [0.05, 0.1) is 5.56 Å². The molecule has 3 N–H and O–H groups in total. The predicted octanol–water partition coefficient (Wildman–Crippen LogP) is 2.05. The maximum absolute atomic E-state index is 11.8. The van der Waals surface area contributed by atoms with Gasteiger partial charge in [-0.2, -0.15) is 0 Å². The summed E-state index contributed by atoms with van der Waals surface area (Å²) in [6, 6.07) is 7.65. The number of pyridine rings is 1. The Bertz CT molecular complexity index is 714. The summed E-state index contributed by atoms with van der Waals surface area (Å²) in [4.78, 5) is 11.8. The molecule has 0 unspecified atom stereocenters. The highest BCUT2D eigenvalue weighted by molar-refractivity contribution is 5.94. The van der Waals surface area contributed by atoms with Crippen LogP contribution in [-0.4, -0.2) is 10.4 Å². The van der Waals surface area contributed by atoms with Gasteiger partial charge in [-0.05, 0) is 38.0 Å². The van der Waals surface area contributed by atoms with Crippen molar-refractivity contribution < 1.29 is 0 Å². The Balaban J connectivity index is 2.75. The Labute approximate surface area is 112 Å². The fourth-order valence-corrected chi connectivity index (χ4v) is 2.07. The summed E-state index contributed by atoms with van der Waals surface area (Å²) >= 11 is 0. The Morgan fingerprint density at radius 1 is 1.21 bits per heavy atom. The van der Waals surface area contributed by atoms with Crippen molar-refractivity contribution in [1.29, 1.82) is 5.41 Å². The standard InChI is InChI=1S/C15H17N3O/c1-9-4-5-10(2)13(6-9)18-8-12(15(16)17)14(19)7-11(18)3/h4-8H,1-3H3,(H3,16,17). The number of aryl methyl sites for hydroxylation is 3. The van der Waals surface area contributed by atoms with E-state index in [4.69, 9.17) is 11.1 Å². The van der Waals surface area contributed by atoms with E-state index in [0.717, 1.165) is 22.5 Å². The van der Waals surface area contributed by atoms with Crippen molar-refractivity contribution in [1.82, 2.24) is 4.57 Å². The lowest BCUT2D eigenvalue weighted by Crippen LogP contribution is -2.24. The van der Waals surface area contributed by atoms with Gasteiger partial charge in [0.25, 0.3) is 0 Å². The molecule has 0 aliphatic carbocycles. The van der Waals surface area contributed by atoms with E-state index in [9.17, 15) is 4.79 Å². The van der Waals surface area contributed by atoms with E-state index in [1.54, 1.807) is 6.20 Å². The zero-order chi connectivity index (χ0) is 14.2. The Morgan fingerprint density at radius 2 is 1.89 bits per heavy atom. The van der Waals surface area contributed by atoms with Crippen LogP contribution in [0.25, 0.3) is 5.69 Å². The number of nitrogens with two attached hydrogens (primary N) is 1. The van der Waals surface area contributed by atoms with Gasteiger partial charge in [-0.25, -0.2) is 0 Å². The van der Waals surface area contributed by atoms with Gasteiger partial charge in [-0.1, -0.05) is 12.1 Å². The smallest absolute Gasteiger partial charge is 0.192 e. The first-order valence-corrected chi connectivity index (χ1v) is 6.05. The third-order valence-electron chi connectivity index (χ3n) is 3.16. The fourth-order valence-electron chi connectivity index (χ4n) is 2.07. The molecule has 4 heteroatoms. The Morgan fingerprint density at radius 3 is 2.53 bits per heavy atom. The summed E-state index contributed by atoms with van der Waals surface area (Å²) in [7, 11) is 0. The van der Waals surface area contributed by atoms with Crippen molar-refractivity contribution >= 4 is 5.84 Å². The maximum atomic E-state index is 11.8. The molecule has 1 aromatic carbocycles. The minimum Gasteiger partial charge on any atom is -0.384 e. The minimum absolute atomic E-state index is 0.205. The second-order valence-corrected chi connectivity index (χ2v) is 4.77. The second kappa shape index (κ2) is 4.72. The number of hydrogen-bond donors (Lipinski definition) is 2. The van der Waals surface area contributed by atoms with Crippen molar-refractivity contribution in [3.05, 3.63) is 63.1 Å². The predicted molar refractivity (Wildman–Crippen MR) is 77.3 cm³/mol. The highest BCUT2D eigenvalue weighted by Crippen LogP contribution is 2.17. The maximum Gasteiger partial charge on any atom is 0.192 e. The number of nitrogen functional groups attached to an aromatic ring is 1. The van der Waals surface area contributed by atoms with Crippen LogP contribution in [0.15, 0.2) is 35.3 Å². The summed E-state index contributed by atoms with van der Waals surface area (Å²) in [6.07, 6.45) is 1.64. The molecule has 0 saturated heterocycles. The molecule has 0 radical (unpaired) electrons. The molecule has 19 heavy (non-hydrogen) atoms. The quantitative estimate of drug-likeness (QED) is 0.636.